The minimum Gasteiger partial charge on any atom is -0.347 e. The number of rotatable bonds is 4. The smallest absolute Gasteiger partial charge is 0.289 e. The summed E-state index contributed by atoms with van der Waals surface area (Å²) in [7, 11) is 0. The maximum atomic E-state index is 14.1. The fourth-order valence-corrected chi connectivity index (χ4v) is 3.07. The van der Waals surface area contributed by atoms with E-state index in [1.165, 1.54) is 12.3 Å². The third-order valence-electron chi connectivity index (χ3n) is 4.28. The first-order valence-electron chi connectivity index (χ1n) is 7.72. The summed E-state index contributed by atoms with van der Waals surface area (Å²) in [6, 6.07) is 4.01. The fraction of sp³-hybridized carbons (Fsp3) is 0.353. The molecule has 132 valence electrons. The average Bonchev–Trinajstić information content (AvgIpc) is 2.53. The van der Waals surface area contributed by atoms with Gasteiger partial charge in [0, 0.05) is 36.3 Å². The van der Waals surface area contributed by atoms with Crippen LogP contribution in [-0.2, 0) is 5.92 Å². The van der Waals surface area contributed by atoms with Crippen molar-refractivity contribution < 1.29 is 18.0 Å². The van der Waals surface area contributed by atoms with Crippen LogP contribution in [0.5, 0.6) is 0 Å². The normalized spacial score (nSPS) is 20.0. The van der Waals surface area contributed by atoms with Gasteiger partial charge in [-0.25, -0.2) is 9.37 Å². The van der Waals surface area contributed by atoms with Crippen molar-refractivity contribution >= 4 is 17.5 Å². The molecule has 0 aliphatic heterocycles. The highest BCUT2D eigenvalue weighted by Gasteiger charge is 2.38. The quantitative estimate of drug-likeness (QED) is 0.884. The number of hydrogen-bond donors (Lipinski definition) is 1. The topological polar surface area (TPSA) is 54.9 Å². The van der Waals surface area contributed by atoms with E-state index in [0.29, 0.717) is 25.3 Å². The van der Waals surface area contributed by atoms with Gasteiger partial charge in [0.2, 0.25) is 0 Å². The van der Waals surface area contributed by atoms with Crippen LogP contribution in [0.2, 0.25) is 5.02 Å². The van der Waals surface area contributed by atoms with E-state index in [2.05, 4.69) is 15.3 Å². The maximum Gasteiger partial charge on any atom is 0.289 e. The number of amides is 1. The Morgan fingerprint density at radius 1 is 1.28 bits per heavy atom. The van der Waals surface area contributed by atoms with Crippen molar-refractivity contribution in [1.82, 2.24) is 15.3 Å². The van der Waals surface area contributed by atoms with Gasteiger partial charge in [-0.2, -0.15) is 8.78 Å². The molecule has 1 saturated carbocycles. The molecule has 1 heterocycles. The van der Waals surface area contributed by atoms with Crippen molar-refractivity contribution in [2.75, 3.05) is 0 Å². The van der Waals surface area contributed by atoms with Crippen LogP contribution < -0.4 is 5.32 Å². The Morgan fingerprint density at radius 2 is 2.00 bits per heavy atom. The summed E-state index contributed by atoms with van der Waals surface area (Å²) in [4.78, 5) is 19.7. The second-order valence-corrected chi connectivity index (χ2v) is 6.51. The molecule has 1 aliphatic rings. The summed E-state index contributed by atoms with van der Waals surface area (Å²) in [5, 5.41) is 2.95. The van der Waals surface area contributed by atoms with Crippen LogP contribution in [0.3, 0.4) is 0 Å². The lowest BCUT2D eigenvalue weighted by Crippen LogP contribution is -2.46. The van der Waals surface area contributed by atoms with Gasteiger partial charge >= 0.3 is 0 Å². The van der Waals surface area contributed by atoms with Gasteiger partial charge in [0.1, 0.15) is 11.5 Å². The Kier molecular flexibility index (Phi) is 4.69. The molecule has 0 spiro atoms. The molecule has 1 aliphatic carbocycles. The van der Waals surface area contributed by atoms with Gasteiger partial charge in [-0.3, -0.25) is 9.78 Å². The fourth-order valence-electron chi connectivity index (χ4n) is 2.91. The van der Waals surface area contributed by atoms with Gasteiger partial charge in [0.05, 0.1) is 0 Å². The molecule has 0 saturated heterocycles. The minimum atomic E-state index is -3.29. The van der Waals surface area contributed by atoms with Crippen molar-refractivity contribution in [1.29, 1.82) is 0 Å². The molecule has 1 aromatic heterocycles. The SMILES string of the molecule is CC(F)(F)c1nccnc1C(=O)N[C@H]1CCC1c1ccc(Cl)cc1F. The number of nitrogens with zero attached hydrogens (tertiary/aromatic N) is 2. The summed E-state index contributed by atoms with van der Waals surface area (Å²) in [5.41, 5.74) is -0.653. The molecular weight excluding hydrogens is 355 g/mol. The largest absolute Gasteiger partial charge is 0.347 e. The van der Waals surface area contributed by atoms with Crippen LogP contribution in [-0.4, -0.2) is 21.9 Å². The van der Waals surface area contributed by atoms with Crippen LogP contribution >= 0.6 is 11.6 Å². The monoisotopic (exact) mass is 369 g/mol. The number of aromatic nitrogens is 2. The van der Waals surface area contributed by atoms with Gasteiger partial charge in [0.15, 0.2) is 5.69 Å². The number of hydrogen-bond acceptors (Lipinski definition) is 3. The second-order valence-electron chi connectivity index (χ2n) is 6.07. The molecule has 0 bridgehead atoms. The lowest BCUT2D eigenvalue weighted by atomic mass is 9.74. The zero-order valence-corrected chi connectivity index (χ0v) is 14.0. The predicted molar refractivity (Wildman–Crippen MR) is 86.2 cm³/mol. The summed E-state index contributed by atoms with van der Waals surface area (Å²) >= 11 is 5.75. The summed E-state index contributed by atoms with van der Waals surface area (Å²) in [6.07, 6.45) is 3.59. The molecule has 4 nitrogen and oxygen atoms in total. The number of halogens is 4. The predicted octanol–water partition coefficient (Wildman–Crippen LogP) is 4.06. The number of carbonyl (C=O) groups is 1. The first-order valence-corrected chi connectivity index (χ1v) is 8.10. The third-order valence-corrected chi connectivity index (χ3v) is 4.52. The minimum absolute atomic E-state index is 0.233. The van der Waals surface area contributed by atoms with Crippen molar-refractivity contribution in [2.24, 2.45) is 0 Å². The summed E-state index contributed by atoms with van der Waals surface area (Å²) < 4.78 is 41.3. The number of carbonyl (C=O) groups excluding carboxylic acids is 1. The molecular formula is C17H15ClF3N3O. The van der Waals surface area contributed by atoms with E-state index in [9.17, 15) is 18.0 Å². The van der Waals surface area contributed by atoms with Gasteiger partial charge in [-0.05, 0) is 30.5 Å². The lowest BCUT2D eigenvalue weighted by Gasteiger charge is -2.37. The molecule has 0 radical (unpaired) electrons. The van der Waals surface area contributed by atoms with Gasteiger partial charge < -0.3 is 5.32 Å². The molecule has 25 heavy (non-hydrogen) atoms. The molecule has 1 N–H and O–H groups in total. The van der Waals surface area contributed by atoms with Crippen LogP contribution in [0.4, 0.5) is 13.2 Å². The van der Waals surface area contributed by atoms with Gasteiger partial charge in [-0.15, -0.1) is 0 Å². The van der Waals surface area contributed by atoms with Crippen molar-refractivity contribution in [3.05, 3.63) is 58.4 Å². The maximum absolute atomic E-state index is 14.1. The summed E-state index contributed by atoms with van der Waals surface area (Å²) in [6.45, 7) is 0.656. The van der Waals surface area contributed by atoms with E-state index in [-0.39, 0.29) is 17.0 Å². The van der Waals surface area contributed by atoms with E-state index in [0.717, 1.165) is 6.20 Å². The third kappa shape index (κ3) is 3.61. The summed E-state index contributed by atoms with van der Waals surface area (Å²) in [5.74, 6) is -4.71. The molecule has 1 unspecified atom stereocenters. The highest BCUT2D eigenvalue weighted by molar-refractivity contribution is 6.30. The Balaban J connectivity index is 1.78. The van der Waals surface area contributed by atoms with Crippen molar-refractivity contribution in [2.45, 2.75) is 37.6 Å². The number of nitrogens with one attached hydrogen (secondary N) is 1. The molecule has 2 atom stereocenters. The molecule has 1 aromatic carbocycles. The van der Waals surface area contributed by atoms with E-state index < -0.39 is 29.0 Å². The Labute approximate surface area is 147 Å². The van der Waals surface area contributed by atoms with Crippen LogP contribution in [0.25, 0.3) is 0 Å². The average molecular weight is 370 g/mol. The van der Waals surface area contributed by atoms with E-state index in [4.69, 9.17) is 11.6 Å². The zero-order chi connectivity index (χ0) is 18.2. The van der Waals surface area contributed by atoms with Crippen LogP contribution in [0.15, 0.2) is 30.6 Å². The molecule has 1 fully saturated rings. The molecule has 1 amide bonds. The zero-order valence-electron chi connectivity index (χ0n) is 13.3. The molecule has 3 rings (SSSR count). The highest BCUT2D eigenvalue weighted by Crippen LogP contribution is 2.39. The van der Waals surface area contributed by atoms with Crippen LogP contribution in [0, 0.1) is 5.82 Å². The van der Waals surface area contributed by atoms with Crippen molar-refractivity contribution in [3.63, 3.8) is 0 Å². The first kappa shape index (κ1) is 17.7. The Bertz CT molecular complexity index is 810. The highest BCUT2D eigenvalue weighted by atomic mass is 35.5. The number of alkyl halides is 2. The lowest BCUT2D eigenvalue weighted by molar-refractivity contribution is 0.0110. The Hall–Kier alpha value is -2.15. The molecule has 2 aromatic rings. The second kappa shape index (κ2) is 6.63. The van der Waals surface area contributed by atoms with Gasteiger partial charge in [-0.1, -0.05) is 17.7 Å². The Morgan fingerprint density at radius 3 is 2.60 bits per heavy atom. The molecule has 8 heteroatoms. The van der Waals surface area contributed by atoms with Crippen molar-refractivity contribution in [3.8, 4) is 0 Å². The van der Waals surface area contributed by atoms with E-state index >= 15 is 0 Å². The standard InChI is InChI=1S/C17H15ClF3N3O/c1-17(20,21)15-14(22-6-7-23-15)16(25)24-13-5-4-11(13)10-3-2-9(18)8-12(10)19/h2-3,6-8,11,13H,4-5H2,1H3,(H,24,25)/t11?,13-/m0/s1. The first-order chi connectivity index (χ1) is 11.8. The van der Waals surface area contributed by atoms with Gasteiger partial charge in [0.25, 0.3) is 11.8 Å². The van der Waals surface area contributed by atoms with Crippen LogP contribution in [0.1, 0.15) is 47.4 Å². The number of benzene rings is 1. The van der Waals surface area contributed by atoms with E-state index in [1.54, 1.807) is 12.1 Å². The van der Waals surface area contributed by atoms with E-state index in [1.807, 2.05) is 0 Å².